The molecule has 3 aromatic carbocycles. The number of nitrogens with zero attached hydrogens (tertiary/aromatic N) is 2. The van der Waals surface area contributed by atoms with Crippen LogP contribution in [0.15, 0.2) is 89.2 Å². The highest BCUT2D eigenvalue weighted by Gasteiger charge is 2.49. The van der Waals surface area contributed by atoms with Gasteiger partial charge < -0.3 is 14.7 Å². The maximum absolute atomic E-state index is 12.1. The Bertz CT molecular complexity index is 1080. The van der Waals surface area contributed by atoms with E-state index in [0.29, 0.717) is 6.54 Å². The minimum Gasteiger partial charge on any atom is -0.497 e. The molecule has 0 radical (unpaired) electrons. The lowest BCUT2D eigenvalue weighted by Gasteiger charge is -2.35. The molecule has 0 bridgehead atoms. The van der Waals surface area contributed by atoms with Crippen LogP contribution in [-0.2, 0) is 12.1 Å². The lowest BCUT2D eigenvalue weighted by atomic mass is 10.0. The van der Waals surface area contributed by atoms with Gasteiger partial charge in [-0.1, -0.05) is 46.3 Å². The van der Waals surface area contributed by atoms with Gasteiger partial charge in [0, 0.05) is 21.4 Å². The van der Waals surface area contributed by atoms with Crippen LogP contribution in [0.5, 0.6) is 5.75 Å². The quantitative estimate of drug-likeness (QED) is 0.609. The van der Waals surface area contributed by atoms with Gasteiger partial charge in [-0.15, -0.1) is 0 Å². The average molecular weight is 449 g/mol. The van der Waals surface area contributed by atoms with E-state index in [1.165, 1.54) is 5.56 Å². The second kappa shape index (κ2) is 6.94. The van der Waals surface area contributed by atoms with E-state index in [9.17, 15) is 5.11 Å². The van der Waals surface area contributed by atoms with E-state index >= 15 is 0 Å². The molecule has 0 aliphatic carbocycles. The maximum Gasteiger partial charge on any atom is 0.188 e. The van der Waals surface area contributed by atoms with Crippen LogP contribution in [0.1, 0.15) is 11.1 Å². The molecule has 146 valence electrons. The number of halogens is 1. The summed E-state index contributed by atoms with van der Waals surface area (Å²) in [7, 11) is 1.65. The Hall–Kier alpha value is -2.76. The van der Waals surface area contributed by atoms with Gasteiger partial charge in [-0.3, -0.25) is 4.90 Å². The normalized spacial score (nSPS) is 20.2. The van der Waals surface area contributed by atoms with Crippen LogP contribution in [0, 0.1) is 0 Å². The van der Waals surface area contributed by atoms with Gasteiger partial charge >= 0.3 is 0 Å². The molecule has 29 heavy (non-hydrogen) atoms. The molecule has 2 heterocycles. The molecule has 1 atom stereocenters. The lowest BCUT2D eigenvalue weighted by Crippen LogP contribution is -2.42. The van der Waals surface area contributed by atoms with E-state index in [1.807, 2.05) is 53.4 Å². The predicted octanol–water partition coefficient (Wildman–Crippen LogP) is 5.03. The highest BCUT2D eigenvalue weighted by atomic mass is 79.9. The number of aliphatic hydroxyl groups is 1. The van der Waals surface area contributed by atoms with Gasteiger partial charge in [0.2, 0.25) is 0 Å². The number of hydrogen-bond acceptors (Lipinski definition) is 4. The average Bonchev–Trinajstić information content (AvgIpc) is 3.08. The van der Waals surface area contributed by atoms with Gasteiger partial charge in [-0.05, 0) is 60.5 Å². The Morgan fingerprint density at radius 2 is 1.69 bits per heavy atom. The molecule has 4 nitrogen and oxygen atoms in total. The molecule has 0 amide bonds. The first-order valence-electron chi connectivity index (χ1n) is 9.58. The fourth-order valence-electron chi connectivity index (χ4n) is 4.25. The fraction of sp³-hybridized carbons (Fsp3) is 0.167. The van der Waals surface area contributed by atoms with Gasteiger partial charge in [0.1, 0.15) is 11.6 Å². The third-order valence-corrected chi connectivity index (χ3v) is 6.21. The van der Waals surface area contributed by atoms with Crippen molar-refractivity contribution in [3.63, 3.8) is 0 Å². The van der Waals surface area contributed by atoms with E-state index in [2.05, 4.69) is 51.2 Å². The van der Waals surface area contributed by atoms with Crippen LogP contribution < -0.4 is 14.5 Å². The number of para-hydroxylation sites is 1. The Kier molecular flexibility index (Phi) is 4.37. The predicted molar refractivity (Wildman–Crippen MR) is 119 cm³/mol. The van der Waals surface area contributed by atoms with Crippen LogP contribution in [0.4, 0.5) is 11.4 Å². The highest BCUT2D eigenvalue weighted by molar-refractivity contribution is 9.10. The van der Waals surface area contributed by atoms with E-state index in [1.54, 1.807) is 7.11 Å². The van der Waals surface area contributed by atoms with Crippen molar-refractivity contribution in [2.24, 2.45) is 0 Å². The summed E-state index contributed by atoms with van der Waals surface area (Å²) < 4.78 is 6.32. The second-order valence-electron chi connectivity index (χ2n) is 7.34. The van der Waals surface area contributed by atoms with Gasteiger partial charge in [0.05, 0.1) is 13.7 Å². The molecule has 5 rings (SSSR count). The molecule has 1 fully saturated rings. The number of methoxy groups -OCH3 is 1. The Morgan fingerprint density at radius 1 is 0.966 bits per heavy atom. The minimum absolute atomic E-state index is 0.443. The number of hydrogen-bond donors (Lipinski definition) is 1. The van der Waals surface area contributed by atoms with Crippen LogP contribution in [0.2, 0.25) is 0 Å². The molecule has 2 aliphatic heterocycles. The summed E-state index contributed by atoms with van der Waals surface area (Å²) in [5.74, 6) is 1.78. The highest BCUT2D eigenvalue weighted by Crippen LogP contribution is 2.47. The van der Waals surface area contributed by atoms with E-state index in [4.69, 9.17) is 4.74 Å². The third kappa shape index (κ3) is 2.93. The summed E-state index contributed by atoms with van der Waals surface area (Å²) in [6.45, 7) is 0.443. The summed E-state index contributed by atoms with van der Waals surface area (Å²) in [5.41, 5.74) is 2.99. The van der Waals surface area contributed by atoms with Crippen LogP contribution >= 0.6 is 15.9 Å². The zero-order chi connectivity index (χ0) is 20.0. The number of fused-ring (bicyclic) bond motifs is 3. The van der Waals surface area contributed by atoms with Crippen molar-refractivity contribution in [3.8, 4) is 5.75 Å². The summed E-state index contributed by atoms with van der Waals surface area (Å²) >= 11 is 3.51. The molecule has 5 heteroatoms. The lowest BCUT2D eigenvalue weighted by molar-refractivity contribution is 0.0651. The minimum atomic E-state index is -1.20. The van der Waals surface area contributed by atoms with Crippen molar-refractivity contribution in [1.29, 1.82) is 0 Å². The molecule has 0 saturated carbocycles. The Labute approximate surface area is 178 Å². The zero-order valence-corrected chi connectivity index (χ0v) is 17.6. The maximum atomic E-state index is 12.1. The molecule has 1 unspecified atom stereocenters. The van der Waals surface area contributed by atoms with Crippen LogP contribution in [0.25, 0.3) is 0 Å². The van der Waals surface area contributed by atoms with Gasteiger partial charge in [0.25, 0.3) is 0 Å². The van der Waals surface area contributed by atoms with Crippen molar-refractivity contribution in [2.75, 3.05) is 23.5 Å². The first-order valence-corrected chi connectivity index (χ1v) is 10.4. The summed E-state index contributed by atoms with van der Waals surface area (Å²) in [4.78, 5) is 4.25. The second-order valence-corrected chi connectivity index (χ2v) is 8.25. The fourth-order valence-corrected chi connectivity index (χ4v) is 4.52. The molecular formula is C24H21BrN2O2. The first kappa shape index (κ1) is 18.3. The summed E-state index contributed by atoms with van der Waals surface area (Å²) in [6, 6.07) is 24.1. The molecule has 0 spiro atoms. The SMILES string of the molecule is COc1ccc(C2(O)CN3C(=CCc4ccccc43)N2c2ccc(Br)cc2)cc1. The van der Waals surface area contributed by atoms with Crippen molar-refractivity contribution in [2.45, 2.75) is 12.1 Å². The number of allylic oxidation sites excluding steroid dienone is 1. The van der Waals surface area contributed by atoms with Crippen LogP contribution in [0.3, 0.4) is 0 Å². The number of benzene rings is 3. The first-order chi connectivity index (χ1) is 14.1. The Morgan fingerprint density at radius 3 is 2.41 bits per heavy atom. The van der Waals surface area contributed by atoms with E-state index in [-0.39, 0.29) is 0 Å². The number of rotatable bonds is 3. The van der Waals surface area contributed by atoms with E-state index < -0.39 is 5.72 Å². The third-order valence-electron chi connectivity index (χ3n) is 5.68. The molecule has 3 aromatic rings. The van der Waals surface area contributed by atoms with Crippen molar-refractivity contribution >= 4 is 27.3 Å². The smallest absolute Gasteiger partial charge is 0.188 e. The molecule has 1 saturated heterocycles. The topological polar surface area (TPSA) is 35.9 Å². The van der Waals surface area contributed by atoms with Gasteiger partial charge in [0.15, 0.2) is 5.72 Å². The van der Waals surface area contributed by atoms with Crippen molar-refractivity contribution < 1.29 is 9.84 Å². The number of anilines is 2. The standard InChI is InChI=1S/C24H21BrN2O2/c1-29-21-13-7-18(8-14-21)24(28)16-26-22-5-3-2-4-17(22)6-15-23(26)27(24)20-11-9-19(25)10-12-20/h2-5,7-15,28H,6,16H2,1H3. The van der Waals surface area contributed by atoms with Gasteiger partial charge in [-0.25, -0.2) is 0 Å². The number of ether oxygens (including phenoxy) is 1. The molecular weight excluding hydrogens is 428 g/mol. The van der Waals surface area contributed by atoms with Crippen LogP contribution in [-0.4, -0.2) is 18.8 Å². The largest absolute Gasteiger partial charge is 0.497 e. The summed E-state index contributed by atoms with van der Waals surface area (Å²) in [6.07, 6.45) is 3.04. The zero-order valence-electron chi connectivity index (χ0n) is 16.0. The molecule has 0 aromatic heterocycles. The van der Waals surface area contributed by atoms with Crippen molar-refractivity contribution in [1.82, 2.24) is 0 Å². The monoisotopic (exact) mass is 448 g/mol. The summed E-state index contributed by atoms with van der Waals surface area (Å²) in [5, 5.41) is 12.1. The van der Waals surface area contributed by atoms with Gasteiger partial charge in [-0.2, -0.15) is 0 Å². The molecule has 2 aliphatic rings. The molecule has 1 N–H and O–H groups in total. The van der Waals surface area contributed by atoms with E-state index in [0.717, 1.165) is 39.4 Å². The van der Waals surface area contributed by atoms with Crippen molar-refractivity contribution in [3.05, 3.63) is 100 Å². The Balaban J connectivity index is 1.67.